The van der Waals surface area contributed by atoms with Gasteiger partial charge in [0, 0.05) is 17.6 Å². The molecule has 0 spiro atoms. The van der Waals surface area contributed by atoms with E-state index in [4.69, 9.17) is 4.42 Å². The fourth-order valence-corrected chi connectivity index (χ4v) is 4.73. The van der Waals surface area contributed by atoms with Crippen molar-refractivity contribution >= 4 is 54.7 Å². The van der Waals surface area contributed by atoms with Gasteiger partial charge in [-0.1, -0.05) is 0 Å². The molecule has 0 aromatic carbocycles. The molecule has 156 valence electrons. The van der Waals surface area contributed by atoms with Crippen molar-refractivity contribution in [3.05, 3.63) is 45.8 Å². The molecule has 0 aliphatic rings. The SMILES string of the molecule is Cc1ccc(CNS(=O)(=O)c2cc(Nc3ncc(Br)c(N[C@H](C)CO)n3)cs2)o1. The number of anilines is 3. The van der Waals surface area contributed by atoms with Gasteiger partial charge in [-0.3, -0.25) is 0 Å². The van der Waals surface area contributed by atoms with Crippen LogP contribution in [0.3, 0.4) is 0 Å². The average molecular weight is 502 g/mol. The number of nitrogens with one attached hydrogen (secondary N) is 3. The molecule has 0 saturated carbocycles. The van der Waals surface area contributed by atoms with E-state index in [1.807, 2.05) is 6.92 Å². The number of halogens is 1. The number of aliphatic hydroxyl groups excluding tert-OH is 1. The molecule has 0 bridgehead atoms. The van der Waals surface area contributed by atoms with E-state index in [0.717, 1.165) is 17.1 Å². The molecule has 3 aromatic rings. The van der Waals surface area contributed by atoms with Gasteiger partial charge in [-0.05, 0) is 48.0 Å². The van der Waals surface area contributed by atoms with Crippen LogP contribution in [0, 0.1) is 6.92 Å². The highest BCUT2D eigenvalue weighted by molar-refractivity contribution is 9.10. The summed E-state index contributed by atoms with van der Waals surface area (Å²) >= 11 is 4.43. The minimum atomic E-state index is -3.67. The number of hydrogen-bond acceptors (Lipinski definition) is 9. The van der Waals surface area contributed by atoms with Crippen molar-refractivity contribution in [3.8, 4) is 0 Å². The molecule has 1 atom stereocenters. The molecular formula is C17H20BrN5O4S2. The van der Waals surface area contributed by atoms with Crippen molar-refractivity contribution in [2.75, 3.05) is 17.2 Å². The molecule has 4 N–H and O–H groups in total. The lowest BCUT2D eigenvalue weighted by atomic mass is 10.3. The van der Waals surface area contributed by atoms with E-state index in [1.54, 1.807) is 30.6 Å². The smallest absolute Gasteiger partial charge is 0.250 e. The highest BCUT2D eigenvalue weighted by Gasteiger charge is 2.18. The molecule has 0 amide bonds. The topological polar surface area (TPSA) is 129 Å². The van der Waals surface area contributed by atoms with Crippen LogP contribution in [0.1, 0.15) is 18.4 Å². The Labute approximate surface area is 180 Å². The number of furan rings is 1. The van der Waals surface area contributed by atoms with E-state index in [0.29, 0.717) is 27.7 Å². The Hall–Kier alpha value is -1.99. The zero-order chi connectivity index (χ0) is 21.0. The molecule has 29 heavy (non-hydrogen) atoms. The first-order valence-electron chi connectivity index (χ1n) is 8.57. The number of aromatic nitrogens is 2. The average Bonchev–Trinajstić information content (AvgIpc) is 3.32. The van der Waals surface area contributed by atoms with Crippen molar-refractivity contribution in [1.29, 1.82) is 0 Å². The van der Waals surface area contributed by atoms with Crippen LogP contribution in [0.4, 0.5) is 17.5 Å². The molecule has 0 saturated heterocycles. The Bertz CT molecular complexity index is 1080. The number of thiophene rings is 1. The van der Waals surface area contributed by atoms with Crippen LogP contribution in [0.15, 0.2) is 42.9 Å². The van der Waals surface area contributed by atoms with Crippen molar-refractivity contribution < 1.29 is 17.9 Å². The second-order valence-corrected chi connectivity index (χ2v) is 9.99. The lowest BCUT2D eigenvalue weighted by Gasteiger charge is -2.13. The van der Waals surface area contributed by atoms with Crippen LogP contribution in [-0.2, 0) is 16.6 Å². The van der Waals surface area contributed by atoms with E-state index in [-0.39, 0.29) is 23.4 Å². The van der Waals surface area contributed by atoms with Crippen molar-refractivity contribution in [2.45, 2.75) is 30.6 Å². The Kier molecular flexibility index (Phi) is 6.90. The molecule has 0 unspecified atom stereocenters. The van der Waals surface area contributed by atoms with Gasteiger partial charge in [0.2, 0.25) is 5.95 Å². The first kappa shape index (κ1) is 21.7. The highest BCUT2D eigenvalue weighted by Crippen LogP contribution is 2.27. The largest absolute Gasteiger partial charge is 0.465 e. The van der Waals surface area contributed by atoms with Gasteiger partial charge >= 0.3 is 0 Å². The van der Waals surface area contributed by atoms with E-state index >= 15 is 0 Å². The van der Waals surface area contributed by atoms with Crippen molar-refractivity contribution in [2.24, 2.45) is 0 Å². The van der Waals surface area contributed by atoms with Gasteiger partial charge in [0.1, 0.15) is 21.5 Å². The first-order valence-corrected chi connectivity index (χ1v) is 11.7. The van der Waals surface area contributed by atoms with Gasteiger partial charge in [0.05, 0.1) is 23.3 Å². The molecule has 0 radical (unpaired) electrons. The molecule has 0 aliphatic heterocycles. The van der Waals surface area contributed by atoms with Crippen LogP contribution in [-0.4, -0.2) is 36.1 Å². The Morgan fingerprint density at radius 1 is 1.38 bits per heavy atom. The summed E-state index contributed by atoms with van der Waals surface area (Å²) in [6, 6.07) is 4.83. The van der Waals surface area contributed by atoms with Gasteiger partial charge in [-0.15, -0.1) is 11.3 Å². The van der Waals surface area contributed by atoms with Gasteiger partial charge < -0.3 is 20.2 Å². The number of rotatable bonds is 9. The first-order chi connectivity index (χ1) is 13.8. The third kappa shape index (κ3) is 5.76. The van der Waals surface area contributed by atoms with E-state index in [9.17, 15) is 13.5 Å². The third-order valence-electron chi connectivity index (χ3n) is 3.73. The molecule has 3 aromatic heterocycles. The predicted molar refractivity (Wildman–Crippen MR) is 115 cm³/mol. The van der Waals surface area contributed by atoms with Crippen LogP contribution >= 0.6 is 27.3 Å². The standard InChI is InChI=1S/C17H20BrN5O4S2/c1-10(8-24)21-16-14(18)7-19-17(23-16)22-12-5-15(28-9-12)29(25,26)20-6-13-4-3-11(2)27-13/h3-5,7,9-10,20,24H,6,8H2,1-2H3,(H2,19,21,22,23)/t10-/m1/s1. The van der Waals surface area contributed by atoms with Crippen molar-refractivity contribution in [3.63, 3.8) is 0 Å². The minimum Gasteiger partial charge on any atom is -0.465 e. The fraction of sp³-hybridized carbons (Fsp3) is 0.294. The summed E-state index contributed by atoms with van der Waals surface area (Å²) in [5.41, 5.74) is 0.549. The molecule has 12 heteroatoms. The zero-order valence-electron chi connectivity index (χ0n) is 15.6. The normalized spacial score (nSPS) is 12.7. The van der Waals surface area contributed by atoms with Crippen LogP contribution in [0.25, 0.3) is 0 Å². The lowest BCUT2D eigenvalue weighted by molar-refractivity contribution is 0.281. The molecule has 0 fully saturated rings. The Morgan fingerprint density at radius 3 is 2.86 bits per heavy atom. The van der Waals surface area contributed by atoms with Crippen molar-refractivity contribution in [1.82, 2.24) is 14.7 Å². The maximum Gasteiger partial charge on any atom is 0.250 e. The number of aliphatic hydroxyl groups is 1. The number of aryl methyl sites for hydroxylation is 1. The molecular weight excluding hydrogens is 482 g/mol. The summed E-state index contributed by atoms with van der Waals surface area (Å²) in [7, 11) is -3.67. The fourth-order valence-electron chi connectivity index (χ4n) is 2.28. The van der Waals surface area contributed by atoms with Gasteiger partial charge in [0.25, 0.3) is 10.0 Å². The summed E-state index contributed by atoms with van der Waals surface area (Å²) in [5, 5.41) is 16.9. The quantitative estimate of drug-likeness (QED) is 0.351. The van der Waals surface area contributed by atoms with Gasteiger partial charge in [0.15, 0.2) is 0 Å². The third-order valence-corrected chi connectivity index (χ3v) is 7.15. The minimum absolute atomic E-state index is 0.0461. The second-order valence-electron chi connectivity index (χ2n) is 6.23. The molecule has 0 aliphatic carbocycles. The van der Waals surface area contributed by atoms with E-state index in [2.05, 4.69) is 41.3 Å². The second kappa shape index (κ2) is 9.22. The van der Waals surface area contributed by atoms with Gasteiger partial charge in [-0.25, -0.2) is 18.1 Å². The Morgan fingerprint density at radius 2 is 2.17 bits per heavy atom. The van der Waals surface area contributed by atoms with E-state index in [1.165, 1.54) is 6.07 Å². The number of hydrogen-bond donors (Lipinski definition) is 4. The monoisotopic (exact) mass is 501 g/mol. The maximum absolute atomic E-state index is 12.5. The zero-order valence-corrected chi connectivity index (χ0v) is 18.9. The molecule has 3 heterocycles. The highest BCUT2D eigenvalue weighted by atomic mass is 79.9. The van der Waals surface area contributed by atoms with E-state index < -0.39 is 10.0 Å². The van der Waals surface area contributed by atoms with Crippen LogP contribution in [0.5, 0.6) is 0 Å². The number of nitrogens with zero attached hydrogens (tertiary/aromatic N) is 2. The Balaban J connectivity index is 1.69. The van der Waals surface area contributed by atoms with Gasteiger partial charge in [-0.2, -0.15) is 4.98 Å². The summed E-state index contributed by atoms with van der Waals surface area (Å²) < 4.78 is 33.7. The van der Waals surface area contributed by atoms with Crippen LogP contribution in [0.2, 0.25) is 0 Å². The number of sulfonamides is 1. The summed E-state index contributed by atoms with van der Waals surface area (Å²) in [4.78, 5) is 8.51. The summed E-state index contributed by atoms with van der Waals surface area (Å²) in [6.07, 6.45) is 1.57. The lowest BCUT2D eigenvalue weighted by Crippen LogP contribution is -2.22. The summed E-state index contributed by atoms with van der Waals surface area (Å²) in [6.45, 7) is 3.64. The van der Waals surface area contributed by atoms with Crippen LogP contribution < -0.4 is 15.4 Å². The predicted octanol–water partition coefficient (Wildman–Crippen LogP) is 3.22. The molecule has 9 nitrogen and oxygen atoms in total. The summed E-state index contributed by atoms with van der Waals surface area (Å²) in [5.74, 6) is 2.07. The molecule has 3 rings (SSSR count). The maximum atomic E-state index is 12.5.